The van der Waals surface area contributed by atoms with Crippen LogP contribution in [0.15, 0.2) is 22.7 Å². The number of rotatable bonds is 6. The average Bonchev–Trinajstić information content (AvgIpc) is 2.89. The highest BCUT2D eigenvalue weighted by atomic mass is 16.5. The lowest BCUT2D eigenvalue weighted by atomic mass is 9.89. The number of ether oxygens (including phenoxy) is 2. The fourth-order valence-electron chi connectivity index (χ4n) is 4.92. The monoisotopic (exact) mass is 406 g/mol. The summed E-state index contributed by atoms with van der Waals surface area (Å²) in [5.74, 6) is 4.27. The van der Waals surface area contributed by atoms with Crippen LogP contribution in [0.2, 0.25) is 0 Å². The van der Waals surface area contributed by atoms with Gasteiger partial charge in [-0.1, -0.05) is 48.5 Å². The maximum absolute atomic E-state index is 6.47. The van der Waals surface area contributed by atoms with E-state index in [2.05, 4.69) is 79.3 Å². The van der Waals surface area contributed by atoms with Gasteiger partial charge in [0, 0.05) is 37.0 Å². The van der Waals surface area contributed by atoms with Crippen molar-refractivity contribution in [2.45, 2.75) is 73.9 Å². The molecule has 0 amide bonds. The van der Waals surface area contributed by atoms with Crippen LogP contribution in [0.4, 0.5) is 0 Å². The molecule has 2 aliphatic rings. The fourth-order valence-corrected chi connectivity index (χ4v) is 4.92. The van der Waals surface area contributed by atoms with Crippen molar-refractivity contribution in [3.8, 4) is 0 Å². The van der Waals surface area contributed by atoms with E-state index in [0.717, 1.165) is 32.7 Å². The van der Waals surface area contributed by atoms with Gasteiger partial charge in [-0.15, -0.1) is 0 Å². The Kier molecular flexibility index (Phi) is 8.66. The number of hydrogen-bond acceptors (Lipinski definition) is 4. The van der Waals surface area contributed by atoms with Crippen LogP contribution in [0, 0.1) is 23.7 Å². The number of hydrogen-bond donors (Lipinski definition) is 0. The Morgan fingerprint density at radius 2 is 1.55 bits per heavy atom. The second-order valence-electron chi connectivity index (χ2n) is 10.2. The van der Waals surface area contributed by atoms with Crippen LogP contribution in [0.25, 0.3) is 0 Å². The third-order valence-corrected chi connectivity index (χ3v) is 6.76. The first kappa shape index (κ1) is 24.3. The highest BCUT2D eigenvalue weighted by molar-refractivity contribution is 5.21. The van der Waals surface area contributed by atoms with E-state index in [9.17, 15) is 0 Å². The van der Waals surface area contributed by atoms with Gasteiger partial charge in [0.05, 0.1) is 11.5 Å². The van der Waals surface area contributed by atoms with Crippen LogP contribution in [-0.2, 0) is 9.47 Å². The van der Waals surface area contributed by atoms with Crippen LogP contribution in [0.5, 0.6) is 0 Å². The predicted octanol–water partition coefficient (Wildman–Crippen LogP) is 5.17. The molecule has 0 aromatic heterocycles. The second kappa shape index (κ2) is 10.3. The van der Waals surface area contributed by atoms with Gasteiger partial charge >= 0.3 is 0 Å². The first-order valence-corrected chi connectivity index (χ1v) is 11.7. The minimum Gasteiger partial charge on any atom is -0.496 e. The maximum atomic E-state index is 6.47. The highest BCUT2D eigenvalue weighted by Gasteiger charge is 2.34. The van der Waals surface area contributed by atoms with Crippen LogP contribution in [0.1, 0.15) is 61.8 Å². The van der Waals surface area contributed by atoms with Gasteiger partial charge in [-0.3, -0.25) is 9.80 Å². The Labute approximate surface area is 180 Å². The molecule has 168 valence electrons. The average molecular weight is 407 g/mol. The molecule has 29 heavy (non-hydrogen) atoms. The Hall–Kier alpha value is -1.00. The summed E-state index contributed by atoms with van der Waals surface area (Å²) in [5.41, 5.74) is 2.93. The molecule has 3 atom stereocenters. The normalized spacial score (nSPS) is 26.7. The molecule has 4 heteroatoms. The zero-order valence-corrected chi connectivity index (χ0v) is 20.7. The SMILES string of the molecule is CC(C)C1=C(C(C)CC2COC(C(C)C)=C(C(C)C)C(C)N2C)OCCN(C)C1. The molecule has 2 aliphatic heterocycles. The van der Waals surface area contributed by atoms with Crippen LogP contribution in [-0.4, -0.2) is 62.3 Å². The summed E-state index contributed by atoms with van der Waals surface area (Å²) in [6, 6.07) is 0.780. The zero-order chi connectivity index (χ0) is 21.9. The molecule has 0 bridgehead atoms. The quantitative estimate of drug-likeness (QED) is 0.607. The summed E-state index contributed by atoms with van der Waals surface area (Å²) in [6.07, 6.45) is 1.06. The molecule has 0 aromatic rings. The van der Waals surface area contributed by atoms with Gasteiger partial charge in [-0.2, -0.15) is 0 Å². The Morgan fingerprint density at radius 3 is 2.10 bits per heavy atom. The van der Waals surface area contributed by atoms with E-state index in [1.807, 2.05) is 0 Å². The first-order valence-electron chi connectivity index (χ1n) is 11.7. The second-order valence-corrected chi connectivity index (χ2v) is 10.2. The molecule has 2 heterocycles. The summed E-state index contributed by atoms with van der Waals surface area (Å²) in [4.78, 5) is 4.92. The smallest absolute Gasteiger partial charge is 0.103 e. The molecule has 0 spiro atoms. The minimum atomic E-state index is 0.385. The van der Waals surface area contributed by atoms with E-state index in [1.165, 1.54) is 22.7 Å². The molecular weight excluding hydrogens is 360 g/mol. The fraction of sp³-hybridized carbons (Fsp3) is 0.840. The van der Waals surface area contributed by atoms with E-state index < -0.39 is 0 Å². The molecule has 2 rings (SSSR count). The van der Waals surface area contributed by atoms with E-state index in [1.54, 1.807) is 0 Å². The standard InChI is InChI=1S/C25H46N2O2/c1-16(2)22-14-26(9)11-12-28-25(22)19(7)13-21-15-29-24(18(5)6)23(17(3)4)20(8)27(21)10/h16-21H,11-15H2,1-10H3. The van der Waals surface area contributed by atoms with Crippen molar-refractivity contribution in [3.63, 3.8) is 0 Å². The van der Waals surface area contributed by atoms with Gasteiger partial charge in [0.2, 0.25) is 0 Å². The van der Waals surface area contributed by atoms with Crippen LogP contribution in [0.3, 0.4) is 0 Å². The van der Waals surface area contributed by atoms with Gasteiger partial charge in [0.15, 0.2) is 0 Å². The topological polar surface area (TPSA) is 24.9 Å². The molecule has 3 unspecified atom stereocenters. The summed E-state index contributed by atoms with van der Waals surface area (Å²) < 4.78 is 12.8. The van der Waals surface area contributed by atoms with Gasteiger partial charge in [-0.25, -0.2) is 0 Å². The molecule has 4 nitrogen and oxygen atoms in total. The summed E-state index contributed by atoms with van der Waals surface area (Å²) in [5, 5.41) is 0. The van der Waals surface area contributed by atoms with Crippen molar-refractivity contribution in [2.75, 3.05) is 40.4 Å². The van der Waals surface area contributed by atoms with Gasteiger partial charge in [-0.05, 0) is 50.4 Å². The van der Waals surface area contributed by atoms with Crippen molar-refractivity contribution in [1.29, 1.82) is 0 Å². The van der Waals surface area contributed by atoms with Crippen molar-refractivity contribution in [1.82, 2.24) is 9.80 Å². The maximum Gasteiger partial charge on any atom is 0.103 e. The van der Waals surface area contributed by atoms with Crippen molar-refractivity contribution in [2.24, 2.45) is 23.7 Å². The Bertz CT molecular complexity index is 606. The van der Waals surface area contributed by atoms with Crippen LogP contribution < -0.4 is 0 Å². The molecule has 0 fully saturated rings. The number of allylic oxidation sites excluding steroid dienone is 2. The summed E-state index contributed by atoms with van der Waals surface area (Å²) >= 11 is 0. The Morgan fingerprint density at radius 1 is 0.897 bits per heavy atom. The lowest BCUT2D eigenvalue weighted by Gasteiger charge is -2.34. The van der Waals surface area contributed by atoms with E-state index in [4.69, 9.17) is 9.47 Å². The largest absolute Gasteiger partial charge is 0.496 e. The Balaban J connectivity index is 2.24. The molecule has 0 radical (unpaired) electrons. The molecular formula is C25H46N2O2. The van der Waals surface area contributed by atoms with Gasteiger partial charge < -0.3 is 9.47 Å². The van der Waals surface area contributed by atoms with Gasteiger partial charge in [0.1, 0.15) is 13.2 Å². The molecule has 0 N–H and O–H groups in total. The van der Waals surface area contributed by atoms with E-state index >= 15 is 0 Å². The van der Waals surface area contributed by atoms with Crippen molar-refractivity contribution < 1.29 is 9.47 Å². The summed E-state index contributed by atoms with van der Waals surface area (Å²) in [6.45, 7) is 21.9. The van der Waals surface area contributed by atoms with Crippen molar-refractivity contribution in [3.05, 3.63) is 22.7 Å². The van der Waals surface area contributed by atoms with Crippen molar-refractivity contribution >= 4 is 0 Å². The highest BCUT2D eigenvalue weighted by Crippen LogP contribution is 2.34. The third kappa shape index (κ3) is 5.79. The summed E-state index contributed by atoms with van der Waals surface area (Å²) in [7, 11) is 4.47. The third-order valence-electron chi connectivity index (χ3n) is 6.76. The van der Waals surface area contributed by atoms with Crippen LogP contribution >= 0.6 is 0 Å². The number of likely N-dealkylation sites (N-methyl/N-ethyl adjacent to an activating group) is 2. The van der Waals surface area contributed by atoms with Gasteiger partial charge in [0.25, 0.3) is 0 Å². The minimum absolute atomic E-state index is 0.385. The lowest BCUT2D eigenvalue weighted by Crippen LogP contribution is -2.42. The number of nitrogens with zero attached hydrogens (tertiary/aromatic N) is 2. The lowest BCUT2D eigenvalue weighted by molar-refractivity contribution is 0.0899. The molecule has 0 aliphatic carbocycles. The molecule has 0 aromatic carbocycles. The first-order chi connectivity index (χ1) is 13.5. The van der Waals surface area contributed by atoms with E-state index in [0.29, 0.717) is 35.8 Å². The molecule has 0 saturated heterocycles. The van der Waals surface area contributed by atoms with E-state index in [-0.39, 0.29) is 0 Å². The zero-order valence-electron chi connectivity index (χ0n) is 20.7. The molecule has 0 saturated carbocycles. The predicted molar refractivity (Wildman–Crippen MR) is 123 cm³/mol.